The Morgan fingerprint density at radius 2 is 2.04 bits per heavy atom. The van der Waals surface area contributed by atoms with E-state index in [0.29, 0.717) is 41.7 Å². The van der Waals surface area contributed by atoms with Gasteiger partial charge in [0.1, 0.15) is 5.83 Å². The summed E-state index contributed by atoms with van der Waals surface area (Å²) in [6.45, 7) is 1.62. The Labute approximate surface area is 152 Å². The van der Waals surface area contributed by atoms with E-state index in [2.05, 4.69) is 5.32 Å². The first-order valence-electron chi connectivity index (χ1n) is 9.32. The molecule has 2 aliphatic carbocycles. The maximum Gasteiger partial charge on any atom is 0.253 e. The van der Waals surface area contributed by atoms with Gasteiger partial charge in [0.05, 0.1) is 10.9 Å². The van der Waals surface area contributed by atoms with Crippen LogP contribution < -0.4 is 21.6 Å². The molecule has 1 atom stereocenters. The summed E-state index contributed by atoms with van der Waals surface area (Å²) in [7, 11) is 0. The smallest absolute Gasteiger partial charge is 0.253 e. The van der Waals surface area contributed by atoms with Crippen molar-refractivity contribution in [2.24, 2.45) is 11.7 Å². The molecule has 0 bridgehead atoms. The van der Waals surface area contributed by atoms with Crippen LogP contribution in [0, 0.1) is 5.92 Å². The minimum atomic E-state index is -0.388. The number of hydrogen-bond acceptors (Lipinski definition) is 2. The number of fused-ring (bicyclic) bond motifs is 1. The highest BCUT2D eigenvalue weighted by Gasteiger charge is 2.22. The van der Waals surface area contributed by atoms with E-state index in [-0.39, 0.29) is 23.5 Å². The predicted octanol–water partition coefficient (Wildman–Crippen LogP) is 2.02. The molecule has 3 rings (SSSR count). The van der Waals surface area contributed by atoms with Gasteiger partial charge < -0.3 is 15.6 Å². The van der Waals surface area contributed by atoms with Crippen LogP contribution in [0.4, 0.5) is 4.39 Å². The molecule has 1 aromatic heterocycles. The van der Waals surface area contributed by atoms with E-state index in [9.17, 15) is 9.18 Å². The quantitative estimate of drug-likeness (QED) is 0.618. The number of nitrogens with one attached hydrogen (secondary N) is 1. The first-order chi connectivity index (χ1) is 12.1. The summed E-state index contributed by atoms with van der Waals surface area (Å²) in [5, 5.41) is 3.70. The number of carbonyl (C=O) groups is 1. The highest BCUT2D eigenvalue weighted by Crippen LogP contribution is 2.22. The molecular weight excluding hydrogens is 341 g/mol. The summed E-state index contributed by atoms with van der Waals surface area (Å²) < 4.78 is 16.4. The molecule has 4 nitrogen and oxygen atoms in total. The van der Waals surface area contributed by atoms with Crippen LogP contribution in [0.3, 0.4) is 0 Å². The Balaban J connectivity index is 1.82. The SMILES string of the molecule is NCCn1cc(C(=O)NCC2CCCCCC2)c2c1=CC(Cl)CC=2F. The number of carbonyl (C=O) groups excluding carboxylic acids is 1. The molecule has 0 spiro atoms. The van der Waals surface area contributed by atoms with Crippen molar-refractivity contribution in [1.29, 1.82) is 0 Å². The van der Waals surface area contributed by atoms with Crippen molar-refractivity contribution in [3.63, 3.8) is 0 Å². The molecule has 1 unspecified atom stereocenters. The summed E-state index contributed by atoms with van der Waals surface area (Å²) in [6, 6.07) is 0. The van der Waals surface area contributed by atoms with E-state index >= 15 is 0 Å². The van der Waals surface area contributed by atoms with Gasteiger partial charge in [0, 0.05) is 42.8 Å². The second-order valence-electron chi connectivity index (χ2n) is 7.14. The van der Waals surface area contributed by atoms with Crippen molar-refractivity contribution < 1.29 is 9.18 Å². The number of nitrogens with two attached hydrogens (primary N) is 1. The van der Waals surface area contributed by atoms with Gasteiger partial charge >= 0.3 is 0 Å². The number of alkyl halides is 1. The average Bonchev–Trinajstić information content (AvgIpc) is 2.77. The zero-order valence-electron chi connectivity index (χ0n) is 14.6. The lowest BCUT2D eigenvalue weighted by atomic mass is 10.0. The molecule has 1 amide bonds. The van der Waals surface area contributed by atoms with E-state index in [1.165, 1.54) is 25.7 Å². The summed E-state index contributed by atoms with van der Waals surface area (Å²) in [6.07, 6.45) is 11.0. The number of aromatic nitrogens is 1. The lowest BCUT2D eigenvalue weighted by molar-refractivity contribution is 0.0944. The molecule has 2 aliphatic rings. The van der Waals surface area contributed by atoms with Crippen LogP contribution in [0.2, 0.25) is 0 Å². The van der Waals surface area contributed by atoms with Crippen LogP contribution in [0.1, 0.15) is 55.3 Å². The van der Waals surface area contributed by atoms with Crippen LogP contribution in [-0.2, 0) is 6.54 Å². The predicted molar refractivity (Wildman–Crippen MR) is 99.5 cm³/mol. The monoisotopic (exact) mass is 367 g/mol. The average molecular weight is 368 g/mol. The molecule has 1 saturated carbocycles. The number of halogens is 2. The van der Waals surface area contributed by atoms with Crippen molar-refractivity contribution in [3.05, 3.63) is 22.3 Å². The molecule has 0 radical (unpaired) electrons. The molecule has 138 valence electrons. The van der Waals surface area contributed by atoms with E-state index < -0.39 is 0 Å². The van der Waals surface area contributed by atoms with Crippen molar-refractivity contribution in [2.45, 2.75) is 56.9 Å². The van der Waals surface area contributed by atoms with Crippen LogP contribution >= 0.6 is 11.6 Å². The molecule has 25 heavy (non-hydrogen) atoms. The Kier molecular flexibility index (Phi) is 6.18. The van der Waals surface area contributed by atoms with Crippen LogP contribution in [0.15, 0.2) is 6.20 Å². The second-order valence-corrected chi connectivity index (χ2v) is 7.70. The van der Waals surface area contributed by atoms with E-state index in [0.717, 1.165) is 12.8 Å². The van der Waals surface area contributed by atoms with E-state index in [4.69, 9.17) is 17.3 Å². The topological polar surface area (TPSA) is 60.0 Å². The zero-order valence-corrected chi connectivity index (χ0v) is 15.3. The minimum absolute atomic E-state index is 0.129. The van der Waals surface area contributed by atoms with E-state index in [1.54, 1.807) is 6.20 Å². The standard InChI is InChI=1S/C19H27ClFN3O/c20-14-9-16(21)18-15(12-24(8-7-22)17(18)10-14)19(25)23-11-13-5-3-1-2-4-6-13/h10,12-14H,1-9,11,22H2,(H,23,25). The minimum Gasteiger partial charge on any atom is -0.352 e. The molecule has 1 aromatic rings. The largest absolute Gasteiger partial charge is 0.352 e. The fraction of sp³-hybridized carbons (Fsp3) is 0.632. The van der Waals surface area contributed by atoms with Crippen molar-refractivity contribution in [3.8, 4) is 0 Å². The first-order valence-corrected chi connectivity index (χ1v) is 9.75. The van der Waals surface area contributed by atoms with Gasteiger partial charge in [-0.25, -0.2) is 4.39 Å². The number of nitrogens with zero attached hydrogens (tertiary/aromatic N) is 1. The number of rotatable bonds is 5. The van der Waals surface area contributed by atoms with Gasteiger partial charge in [0.25, 0.3) is 5.91 Å². The molecule has 0 saturated heterocycles. The Bertz CT molecular complexity index is 735. The summed E-state index contributed by atoms with van der Waals surface area (Å²) >= 11 is 6.12. The first kappa shape index (κ1) is 18.5. The fourth-order valence-corrected chi connectivity index (χ4v) is 4.19. The fourth-order valence-electron chi connectivity index (χ4n) is 3.94. The van der Waals surface area contributed by atoms with Gasteiger partial charge in [0.2, 0.25) is 0 Å². The molecule has 1 heterocycles. The number of hydrogen-bond donors (Lipinski definition) is 2. The normalized spacial score (nSPS) is 21.4. The molecule has 1 fully saturated rings. The second kappa shape index (κ2) is 8.37. The summed E-state index contributed by atoms with van der Waals surface area (Å²) in [4.78, 5) is 12.7. The maximum absolute atomic E-state index is 14.5. The summed E-state index contributed by atoms with van der Waals surface area (Å²) in [5.41, 5.74) is 6.05. The molecular formula is C19H27ClFN3O. The van der Waals surface area contributed by atoms with Crippen LogP contribution in [0.5, 0.6) is 0 Å². The molecule has 0 aliphatic heterocycles. The van der Waals surface area contributed by atoms with Crippen molar-refractivity contribution in [2.75, 3.05) is 13.1 Å². The van der Waals surface area contributed by atoms with Crippen molar-refractivity contribution in [1.82, 2.24) is 9.88 Å². The maximum atomic E-state index is 14.5. The van der Waals surface area contributed by atoms with Gasteiger partial charge in [-0.05, 0) is 24.8 Å². The van der Waals surface area contributed by atoms with Gasteiger partial charge in [-0.15, -0.1) is 11.6 Å². The highest BCUT2D eigenvalue weighted by atomic mass is 35.5. The highest BCUT2D eigenvalue weighted by molar-refractivity contribution is 6.24. The lowest BCUT2D eigenvalue weighted by Gasteiger charge is -2.14. The van der Waals surface area contributed by atoms with Gasteiger partial charge in [-0.2, -0.15) is 0 Å². The Hall–Kier alpha value is -1.33. The number of amides is 1. The summed E-state index contributed by atoms with van der Waals surface area (Å²) in [5.74, 6) is 0.0155. The third-order valence-corrected chi connectivity index (χ3v) is 5.53. The Morgan fingerprint density at radius 1 is 1.32 bits per heavy atom. The molecule has 3 N–H and O–H groups in total. The third-order valence-electron chi connectivity index (χ3n) is 5.24. The lowest BCUT2D eigenvalue weighted by Crippen LogP contribution is -2.40. The van der Waals surface area contributed by atoms with Gasteiger partial charge in [-0.1, -0.05) is 25.7 Å². The third kappa shape index (κ3) is 4.26. The Morgan fingerprint density at radius 3 is 2.72 bits per heavy atom. The van der Waals surface area contributed by atoms with Crippen molar-refractivity contribution >= 4 is 29.4 Å². The molecule has 6 heteroatoms. The zero-order chi connectivity index (χ0) is 17.8. The van der Waals surface area contributed by atoms with E-state index in [1.807, 2.05) is 10.6 Å². The van der Waals surface area contributed by atoms with Gasteiger partial charge in [0.15, 0.2) is 0 Å². The van der Waals surface area contributed by atoms with Crippen LogP contribution in [-0.4, -0.2) is 28.9 Å². The van der Waals surface area contributed by atoms with Gasteiger partial charge in [-0.3, -0.25) is 4.79 Å². The van der Waals surface area contributed by atoms with Crippen LogP contribution in [0.25, 0.3) is 11.9 Å². The molecule has 0 aromatic carbocycles.